The summed E-state index contributed by atoms with van der Waals surface area (Å²) in [6.45, 7) is 6.74. The second-order valence-electron chi connectivity index (χ2n) is 4.81. The number of unbranched alkanes of at least 4 members (excludes halogenated alkanes) is 1. The maximum absolute atomic E-state index is 12.4. The molecule has 0 saturated heterocycles. The monoisotopic (exact) mass is 329 g/mol. The van der Waals surface area contributed by atoms with Crippen LogP contribution in [-0.2, 0) is 10.0 Å². The van der Waals surface area contributed by atoms with Crippen molar-refractivity contribution in [3.05, 3.63) is 28.3 Å². The Morgan fingerprint density at radius 1 is 1.23 bits per heavy atom. The highest BCUT2D eigenvalue weighted by molar-refractivity contribution is 7.89. The zero-order valence-electron chi connectivity index (χ0n) is 13.2. The molecule has 0 aliphatic heterocycles. The van der Waals surface area contributed by atoms with Gasteiger partial charge in [-0.1, -0.05) is 27.2 Å². The number of hydrogen-bond donors (Lipinski definition) is 1. The smallest absolute Gasteiger partial charge is 0.293 e. The summed E-state index contributed by atoms with van der Waals surface area (Å²) in [4.78, 5) is 10.6. The van der Waals surface area contributed by atoms with E-state index in [1.807, 2.05) is 6.92 Å². The van der Waals surface area contributed by atoms with Crippen LogP contribution in [0.2, 0.25) is 0 Å². The summed E-state index contributed by atoms with van der Waals surface area (Å²) in [5.74, 6) is 0. The molecule has 7 nitrogen and oxygen atoms in total. The predicted molar refractivity (Wildman–Crippen MR) is 86.6 cm³/mol. The zero-order valence-corrected chi connectivity index (χ0v) is 14.0. The van der Waals surface area contributed by atoms with Gasteiger partial charge in [-0.3, -0.25) is 10.1 Å². The summed E-state index contributed by atoms with van der Waals surface area (Å²) in [6.07, 6.45) is 1.85. The van der Waals surface area contributed by atoms with E-state index in [9.17, 15) is 18.5 Å². The van der Waals surface area contributed by atoms with Crippen molar-refractivity contribution in [1.82, 2.24) is 4.31 Å². The van der Waals surface area contributed by atoms with E-state index in [0.717, 1.165) is 18.9 Å². The number of nitro groups is 1. The molecule has 0 aliphatic rings. The molecule has 0 saturated carbocycles. The molecule has 0 radical (unpaired) electrons. The number of nitrogens with zero attached hydrogens (tertiary/aromatic N) is 2. The normalized spacial score (nSPS) is 11.6. The summed E-state index contributed by atoms with van der Waals surface area (Å²) < 4.78 is 26.1. The van der Waals surface area contributed by atoms with E-state index in [4.69, 9.17) is 0 Å². The van der Waals surface area contributed by atoms with Crippen molar-refractivity contribution in [3.8, 4) is 0 Å². The van der Waals surface area contributed by atoms with Crippen LogP contribution in [-0.4, -0.2) is 37.3 Å². The molecule has 8 heteroatoms. The van der Waals surface area contributed by atoms with Crippen molar-refractivity contribution in [3.63, 3.8) is 0 Å². The van der Waals surface area contributed by atoms with Crippen molar-refractivity contribution in [2.24, 2.45) is 0 Å². The van der Waals surface area contributed by atoms with E-state index in [0.29, 0.717) is 25.3 Å². The lowest BCUT2D eigenvalue weighted by Crippen LogP contribution is -2.30. The second kappa shape index (κ2) is 8.09. The average molecular weight is 329 g/mol. The first kappa shape index (κ1) is 18.4. The fraction of sp³-hybridized carbons (Fsp3) is 0.571. The zero-order chi connectivity index (χ0) is 16.8. The summed E-state index contributed by atoms with van der Waals surface area (Å²) in [5, 5.41) is 14.2. The highest BCUT2D eigenvalue weighted by Gasteiger charge is 2.25. The van der Waals surface area contributed by atoms with E-state index in [-0.39, 0.29) is 10.6 Å². The molecule has 124 valence electrons. The number of rotatable bonds is 9. The Morgan fingerprint density at radius 2 is 1.86 bits per heavy atom. The van der Waals surface area contributed by atoms with Crippen LogP contribution >= 0.6 is 0 Å². The molecule has 0 spiro atoms. The van der Waals surface area contributed by atoms with E-state index in [1.165, 1.54) is 16.4 Å². The first-order chi connectivity index (χ1) is 10.4. The van der Waals surface area contributed by atoms with Gasteiger partial charge in [-0.25, -0.2) is 8.42 Å². The molecule has 0 aromatic heterocycles. The SMILES string of the molecule is CCCCNc1ccc(S(=O)(=O)N(CC)CC)cc1[N+](=O)[O-]. The molecule has 1 aromatic rings. The topological polar surface area (TPSA) is 92.6 Å². The third-order valence-corrected chi connectivity index (χ3v) is 5.40. The fourth-order valence-electron chi connectivity index (χ4n) is 2.08. The summed E-state index contributed by atoms with van der Waals surface area (Å²) in [6, 6.07) is 4.00. The van der Waals surface area contributed by atoms with Crippen LogP contribution in [0.4, 0.5) is 11.4 Å². The van der Waals surface area contributed by atoms with Crippen LogP contribution in [0.3, 0.4) is 0 Å². The molecule has 0 bridgehead atoms. The molecule has 1 rings (SSSR count). The van der Waals surface area contributed by atoms with Crippen LogP contribution in [0.15, 0.2) is 23.1 Å². The van der Waals surface area contributed by atoms with Gasteiger partial charge in [-0.05, 0) is 18.6 Å². The van der Waals surface area contributed by atoms with Crippen LogP contribution in [0.5, 0.6) is 0 Å². The molecule has 0 heterocycles. The maximum Gasteiger partial charge on any atom is 0.293 e. The van der Waals surface area contributed by atoms with E-state index in [2.05, 4.69) is 5.32 Å². The third kappa shape index (κ3) is 4.17. The molecule has 1 aromatic carbocycles. The van der Waals surface area contributed by atoms with Gasteiger partial charge < -0.3 is 5.32 Å². The molecule has 22 heavy (non-hydrogen) atoms. The first-order valence-electron chi connectivity index (χ1n) is 7.40. The molecular weight excluding hydrogens is 306 g/mol. The van der Waals surface area contributed by atoms with Crippen molar-refractivity contribution >= 4 is 21.4 Å². The summed E-state index contributed by atoms with van der Waals surface area (Å²) >= 11 is 0. The quantitative estimate of drug-likeness (QED) is 0.427. The van der Waals surface area contributed by atoms with Crippen molar-refractivity contribution in [1.29, 1.82) is 0 Å². The standard InChI is InChI=1S/C14H23N3O4S/c1-4-7-10-15-13-9-8-12(11-14(13)17(18)19)22(20,21)16(5-2)6-3/h8-9,11,15H,4-7,10H2,1-3H3. The number of hydrogen-bond acceptors (Lipinski definition) is 5. The van der Waals surface area contributed by atoms with Crippen LogP contribution in [0.25, 0.3) is 0 Å². The lowest BCUT2D eigenvalue weighted by atomic mass is 10.2. The number of nitro benzene ring substituents is 1. The van der Waals surface area contributed by atoms with Gasteiger partial charge in [0.1, 0.15) is 5.69 Å². The summed E-state index contributed by atoms with van der Waals surface area (Å²) in [7, 11) is -3.70. The van der Waals surface area contributed by atoms with Crippen molar-refractivity contribution in [2.45, 2.75) is 38.5 Å². The van der Waals surface area contributed by atoms with Gasteiger partial charge in [0.2, 0.25) is 10.0 Å². The number of sulfonamides is 1. The van der Waals surface area contributed by atoms with Gasteiger partial charge in [-0.2, -0.15) is 4.31 Å². The van der Waals surface area contributed by atoms with Gasteiger partial charge >= 0.3 is 0 Å². The Bertz CT molecular complexity index is 613. The number of nitrogens with one attached hydrogen (secondary N) is 1. The lowest BCUT2D eigenvalue weighted by Gasteiger charge is -2.18. The Labute approximate surface area is 131 Å². The third-order valence-electron chi connectivity index (χ3n) is 3.35. The Balaban J connectivity index is 3.20. The largest absolute Gasteiger partial charge is 0.379 e. The van der Waals surface area contributed by atoms with Crippen molar-refractivity contribution in [2.75, 3.05) is 25.0 Å². The summed E-state index contributed by atoms with van der Waals surface area (Å²) in [5.41, 5.74) is 0.126. The number of anilines is 1. The average Bonchev–Trinajstić information content (AvgIpc) is 2.48. The van der Waals surface area contributed by atoms with Crippen molar-refractivity contribution < 1.29 is 13.3 Å². The van der Waals surface area contributed by atoms with E-state index >= 15 is 0 Å². The molecular formula is C14H23N3O4S. The van der Waals surface area contributed by atoms with Crippen LogP contribution in [0.1, 0.15) is 33.6 Å². The van der Waals surface area contributed by atoms with Gasteiger partial charge in [0.05, 0.1) is 9.82 Å². The molecule has 1 N–H and O–H groups in total. The Morgan fingerprint density at radius 3 is 2.36 bits per heavy atom. The van der Waals surface area contributed by atoms with E-state index < -0.39 is 14.9 Å². The fourth-order valence-corrected chi connectivity index (χ4v) is 3.56. The van der Waals surface area contributed by atoms with Crippen LogP contribution in [0, 0.1) is 10.1 Å². The minimum absolute atomic E-state index is 0.0519. The maximum atomic E-state index is 12.4. The van der Waals surface area contributed by atoms with Gasteiger partial charge in [0.25, 0.3) is 5.69 Å². The van der Waals surface area contributed by atoms with E-state index in [1.54, 1.807) is 13.8 Å². The van der Waals surface area contributed by atoms with Crippen LogP contribution < -0.4 is 5.32 Å². The first-order valence-corrected chi connectivity index (χ1v) is 8.84. The Kier molecular flexibility index (Phi) is 6.76. The number of benzene rings is 1. The lowest BCUT2D eigenvalue weighted by molar-refractivity contribution is -0.384. The minimum Gasteiger partial charge on any atom is -0.379 e. The second-order valence-corrected chi connectivity index (χ2v) is 6.74. The molecule has 0 atom stereocenters. The Hall–Kier alpha value is -1.67. The van der Waals surface area contributed by atoms with Gasteiger partial charge in [0, 0.05) is 25.7 Å². The highest BCUT2D eigenvalue weighted by atomic mass is 32.2. The van der Waals surface area contributed by atoms with Gasteiger partial charge in [0.15, 0.2) is 0 Å². The van der Waals surface area contributed by atoms with Gasteiger partial charge in [-0.15, -0.1) is 0 Å². The molecule has 0 amide bonds. The molecule has 0 aliphatic carbocycles. The molecule has 0 unspecified atom stereocenters. The molecule has 0 fully saturated rings. The predicted octanol–water partition coefficient (Wildman–Crippen LogP) is 2.84. The minimum atomic E-state index is -3.70. The highest BCUT2D eigenvalue weighted by Crippen LogP contribution is 2.29.